The van der Waals surface area contributed by atoms with E-state index in [4.69, 9.17) is 14.2 Å². The number of hydrogen-bond acceptors (Lipinski definition) is 4. The van der Waals surface area contributed by atoms with Crippen LogP contribution in [0.5, 0.6) is 0 Å². The molecule has 0 bridgehead atoms. The fourth-order valence-corrected chi connectivity index (χ4v) is 7.69. The topological polar surface area (TPSA) is 44.8 Å². The van der Waals surface area contributed by atoms with Crippen LogP contribution in [0.2, 0.25) is 0 Å². The summed E-state index contributed by atoms with van der Waals surface area (Å²) in [5.74, 6) is 1.73. The molecule has 1 aliphatic heterocycles. The van der Waals surface area contributed by atoms with Crippen LogP contribution in [0.4, 0.5) is 0 Å². The molecule has 5 rings (SSSR count). The van der Waals surface area contributed by atoms with Gasteiger partial charge in [-0.25, -0.2) is 0 Å². The predicted octanol–water partition coefficient (Wildman–Crippen LogP) is 4.62. The molecule has 0 aromatic rings. The Morgan fingerprint density at radius 3 is 2.59 bits per heavy atom. The van der Waals surface area contributed by atoms with E-state index >= 15 is 0 Å². The minimum atomic E-state index is -0.324. The Bertz CT molecular complexity index is 663. The van der Waals surface area contributed by atoms with Gasteiger partial charge in [0.1, 0.15) is 6.10 Å². The molecule has 1 saturated heterocycles. The minimum absolute atomic E-state index is 0.115. The highest BCUT2D eigenvalue weighted by molar-refractivity contribution is 5.66. The molecule has 0 aromatic carbocycles. The Balaban J connectivity index is 1.41. The van der Waals surface area contributed by atoms with Crippen molar-refractivity contribution in [2.24, 2.45) is 28.6 Å². The van der Waals surface area contributed by atoms with Gasteiger partial charge in [-0.05, 0) is 61.7 Å². The molecule has 150 valence electrons. The third-order valence-electron chi connectivity index (χ3n) is 9.15. The molecular formula is C23H34O4. The average molecular weight is 375 g/mol. The van der Waals surface area contributed by atoms with Gasteiger partial charge in [0.05, 0.1) is 13.2 Å². The van der Waals surface area contributed by atoms with Crippen LogP contribution in [-0.4, -0.2) is 31.1 Å². The van der Waals surface area contributed by atoms with Crippen LogP contribution in [0.1, 0.15) is 72.1 Å². The van der Waals surface area contributed by atoms with Crippen molar-refractivity contribution in [3.05, 3.63) is 11.6 Å². The van der Waals surface area contributed by atoms with Gasteiger partial charge in [-0.3, -0.25) is 4.79 Å². The number of rotatable bonds is 1. The summed E-state index contributed by atoms with van der Waals surface area (Å²) >= 11 is 0. The molecule has 4 nitrogen and oxygen atoms in total. The molecule has 0 amide bonds. The molecule has 1 spiro atoms. The van der Waals surface area contributed by atoms with Gasteiger partial charge in [-0.15, -0.1) is 0 Å². The van der Waals surface area contributed by atoms with Gasteiger partial charge in [-0.2, -0.15) is 0 Å². The Kier molecular flexibility index (Phi) is 4.08. The summed E-state index contributed by atoms with van der Waals surface area (Å²) in [5, 5.41) is 0. The monoisotopic (exact) mass is 374 g/mol. The third kappa shape index (κ3) is 2.58. The van der Waals surface area contributed by atoms with Gasteiger partial charge in [0.25, 0.3) is 0 Å². The van der Waals surface area contributed by atoms with Crippen LogP contribution < -0.4 is 0 Å². The number of carbonyl (C=O) groups is 1. The van der Waals surface area contributed by atoms with E-state index in [1.807, 2.05) is 0 Å². The van der Waals surface area contributed by atoms with Crippen LogP contribution in [0.25, 0.3) is 0 Å². The van der Waals surface area contributed by atoms with Crippen molar-refractivity contribution in [2.45, 2.75) is 84.0 Å². The zero-order valence-corrected chi connectivity index (χ0v) is 17.1. The van der Waals surface area contributed by atoms with E-state index in [0.29, 0.717) is 11.3 Å². The summed E-state index contributed by atoms with van der Waals surface area (Å²) in [6.45, 7) is 7.96. The third-order valence-corrected chi connectivity index (χ3v) is 9.15. The summed E-state index contributed by atoms with van der Waals surface area (Å²) < 4.78 is 17.8. The molecule has 6 atom stereocenters. The molecule has 4 aliphatic carbocycles. The zero-order chi connectivity index (χ0) is 18.9. The van der Waals surface area contributed by atoms with Gasteiger partial charge in [-0.1, -0.05) is 25.5 Å². The first kappa shape index (κ1) is 18.2. The Hall–Kier alpha value is -0.870. The van der Waals surface area contributed by atoms with Crippen molar-refractivity contribution < 1.29 is 19.0 Å². The smallest absolute Gasteiger partial charge is 0.302 e. The highest BCUT2D eigenvalue weighted by atomic mass is 16.7. The first-order valence-corrected chi connectivity index (χ1v) is 11.0. The van der Waals surface area contributed by atoms with Gasteiger partial charge in [0, 0.05) is 25.2 Å². The summed E-state index contributed by atoms with van der Waals surface area (Å²) in [6, 6.07) is 0. The zero-order valence-electron chi connectivity index (χ0n) is 17.1. The van der Waals surface area contributed by atoms with Crippen molar-refractivity contribution in [3.63, 3.8) is 0 Å². The van der Waals surface area contributed by atoms with Crippen molar-refractivity contribution in [1.29, 1.82) is 0 Å². The normalized spacial score (nSPS) is 47.7. The second kappa shape index (κ2) is 6.06. The quantitative estimate of drug-likeness (QED) is 0.496. The fourth-order valence-electron chi connectivity index (χ4n) is 7.69. The molecule has 4 heteroatoms. The molecule has 0 aromatic heterocycles. The van der Waals surface area contributed by atoms with E-state index in [0.717, 1.165) is 44.3 Å². The van der Waals surface area contributed by atoms with Crippen LogP contribution in [0.3, 0.4) is 0 Å². The van der Waals surface area contributed by atoms with E-state index in [1.54, 1.807) is 12.5 Å². The summed E-state index contributed by atoms with van der Waals surface area (Å²) in [4.78, 5) is 11.6. The fraction of sp³-hybridized carbons (Fsp3) is 0.870. The summed E-state index contributed by atoms with van der Waals surface area (Å²) in [7, 11) is 0. The van der Waals surface area contributed by atoms with E-state index in [-0.39, 0.29) is 23.3 Å². The summed E-state index contributed by atoms with van der Waals surface area (Å²) in [6.07, 6.45) is 11.7. The van der Waals surface area contributed by atoms with Crippen molar-refractivity contribution >= 4 is 5.97 Å². The molecule has 3 saturated carbocycles. The lowest BCUT2D eigenvalue weighted by Crippen LogP contribution is -2.53. The van der Waals surface area contributed by atoms with Gasteiger partial charge >= 0.3 is 5.97 Å². The van der Waals surface area contributed by atoms with Crippen LogP contribution in [0.15, 0.2) is 11.6 Å². The SMILES string of the molecule is CC(=O)O[C@H]1CC[C@H]2[C@H]3CC=C4CC5(CC[C@]4(C)[C@H]3CC[C@]12C)OCCO5. The van der Waals surface area contributed by atoms with Crippen LogP contribution >= 0.6 is 0 Å². The van der Waals surface area contributed by atoms with Gasteiger partial charge in [0.2, 0.25) is 0 Å². The molecule has 0 unspecified atom stereocenters. The number of fused-ring (bicyclic) bond motifs is 5. The van der Waals surface area contributed by atoms with E-state index in [2.05, 4.69) is 19.9 Å². The van der Waals surface area contributed by atoms with Crippen molar-refractivity contribution in [2.75, 3.05) is 13.2 Å². The first-order valence-electron chi connectivity index (χ1n) is 11.0. The highest BCUT2D eigenvalue weighted by Crippen LogP contribution is 2.66. The lowest BCUT2D eigenvalue weighted by molar-refractivity contribution is -0.186. The van der Waals surface area contributed by atoms with E-state index < -0.39 is 0 Å². The molecule has 4 fully saturated rings. The van der Waals surface area contributed by atoms with Crippen molar-refractivity contribution in [1.82, 2.24) is 0 Å². The van der Waals surface area contributed by atoms with Crippen LogP contribution in [-0.2, 0) is 19.0 Å². The van der Waals surface area contributed by atoms with Crippen molar-refractivity contribution in [3.8, 4) is 0 Å². The Morgan fingerprint density at radius 2 is 1.85 bits per heavy atom. The largest absolute Gasteiger partial charge is 0.462 e. The molecule has 27 heavy (non-hydrogen) atoms. The molecule has 0 N–H and O–H groups in total. The number of hydrogen-bond donors (Lipinski definition) is 0. The minimum Gasteiger partial charge on any atom is -0.462 e. The van der Waals surface area contributed by atoms with E-state index in [9.17, 15) is 4.79 Å². The maximum atomic E-state index is 11.6. The standard InChI is InChI=1S/C23H34O4/c1-15(24)27-20-7-6-18-17-5-4-16-14-23(25-12-13-26-23)11-10-21(16,2)19(17)8-9-22(18,20)3/h4,17-20H,5-14H2,1-3H3/t17-,18+,19+,20+,21+,22+/m1/s1. The lowest BCUT2D eigenvalue weighted by Gasteiger charge is -2.58. The summed E-state index contributed by atoms with van der Waals surface area (Å²) in [5.41, 5.74) is 2.06. The molecule has 1 heterocycles. The van der Waals surface area contributed by atoms with Gasteiger partial charge < -0.3 is 14.2 Å². The Labute approximate surface area is 163 Å². The molecule has 5 aliphatic rings. The number of esters is 1. The number of ether oxygens (including phenoxy) is 3. The second-order valence-corrected chi connectivity index (χ2v) is 10.3. The first-order chi connectivity index (χ1) is 12.9. The molecule has 0 radical (unpaired) electrons. The number of carbonyl (C=O) groups excluding carboxylic acids is 1. The average Bonchev–Trinajstić information content (AvgIpc) is 3.21. The second-order valence-electron chi connectivity index (χ2n) is 10.3. The van der Waals surface area contributed by atoms with E-state index in [1.165, 1.54) is 32.1 Å². The number of allylic oxidation sites excluding steroid dienone is 1. The maximum absolute atomic E-state index is 11.6. The highest BCUT2D eigenvalue weighted by Gasteiger charge is 2.61. The maximum Gasteiger partial charge on any atom is 0.302 e. The Morgan fingerprint density at radius 1 is 1.07 bits per heavy atom. The predicted molar refractivity (Wildman–Crippen MR) is 102 cm³/mol. The van der Waals surface area contributed by atoms with Crippen LogP contribution in [0, 0.1) is 28.6 Å². The van der Waals surface area contributed by atoms with Gasteiger partial charge in [0.15, 0.2) is 5.79 Å². The lowest BCUT2D eigenvalue weighted by atomic mass is 9.47. The molecular weight excluding hydrogens is 340 g/mol.